The van der Waals surface area contributed by atoms with Crippen LogP contribution < -0.4 is 5.73 Å². The van der Waals surface area contributed by atoms with Crippen LogP contribution in [0.15, 0.2) is 40.8 Å². The number of carbonyl (C=O) groups excluding carboxylic acids is 1. The third-order valence-electron chi connectivity index (χ3n) is 1.58. The van der Waals surface area contributed by atoms with Crippen molar-refractivity contribution in [1.29, 1.82) is 0 Å². The Bertz CT molecular complexity index is 337. The average molecular weight is 228 g/mol. The lowest BCUT2D eigenvalue weighted by Gasteiger charge is -2.01. The van der Waals surface area contributed by atoms with E-state index in [0.717, 1.165) is 5.56 Å². The largest absolute Gasteiger partial charge is 0.365 e. The van der Waals surface area contributed by atoms with Crippen molar-refractivity contribution in [2.24, 2.45) is 5.73 Å². The fourth-order valence-corrected chi connectivity index (χ4v) is 1.91. The monoisotopic (exact) mass is 227 g/mol. The van der Waals surface area contributed by atoms with Crippen molar-refractivity contribution in [1.82, 2.24) is 0 Å². The number of carbonyl (C=O) groups is 1. The number of halogens is 1. The van der Waals surface area contributed by atoms with Gasteiger partial charge in [0.2, 0.25) is 0 Å². The summed E-state index contributed by atoms with van der Waals surface area (Å²) in [4.78, 5) is 11.2. The second-order valence-electron chi connectivity index (χ2n) is 2.61. The molecule has 2 N–H and O–H groups in total. The molecule has 0 heterocycles. The van der Waals surface area contributed by atoms with Gasteiger partial charge in [-0.3, -0.25) is 4.79 Å². The van der Waals surface area contributed by atoms with Crippen molar-refractivity contribution in [3.8, 4) is 0 Å². The standard InChI is InChI=1S/C10H10ClNOS/c11-6-9(10(12)13)14-7-8-4-2-1-3-5-8/h1-6H,7H2,(H2,12,13)/b9-6-. The number of hydrogen-bond acceptors (Lipinski definition) is 2. The van der Waals surface area contributed by atoms with Gasteiger partial charge in [-0.1, -0.05) is 41.9 Å². The highest BCUT2D eigenvalue weighted by Crippen LogP contribution is 2.21. The minimum atomic E-state index is -0.485. The minimum Gasteiger partial charge on any atom is -0.365 e. The van der Waals surface area contributed by atoms with E-state index < -0.39 is 5.91 Å². The summed E-state index contributed by atoms with van der Waals surface area (Å²) in [6, 6.07) is 9.81. The molecular weight excluding hydrogens is 218 g/mol. The zero-order valence-electron chi connectivity index (χ0n) is 7.44. The van der Waals surface area contributed by atoms with Crippen LogP contribution in [0.25, 0.3) is 0 Å². The number of rotatable bonds is 4. The van der Waals surface area contributed by atoms with E-state index in [4.69, 9.17) is 17.3 Å². The Hall–Kier alpha value is -0.930. The highest BCUT2D eigenvalue weighted by atomic mass is 35.5. The molecule has 74 valence electrons. The first-order valence-corrected chi connectivity index (χ1v) is 5.43. The smallest absolute Gasteiger partial charge is 0.256 e. The highest BCUT2D eigenvalue weighted by Gasteiger charge is 2.04. The minimum absolute atomic E-state index is 0.385. The van der Waals surface area contributed by atoms with Gasteiger partial charge in [0.1, 0.15) is 0 Å². The molecule has 2 nitrogen and oxygen atoms in total. The van der Waals surface area contributed by atoms with Crippen molar-refractivity contribution in [3.05, 3.63) is 46.3 Å². The van der Waals surface area contributed by atoms with Gasteiger partial charge < -0.3 is 5.73 Å². The van der Waals surface area contributed by atoms with Crippen LogP contribution in [-0.2, 0) is 10.5 Å². The Kier molecular flexibility index (Phi) is 4.56. The third-order valence-corrected chi connectivity index (χ3v) is 3.03. The first-order valence-electron chi connectivity index (χ1n) is 4.01. The van der Waals surface area contributed by atoms with Gasteiger partial charge in [0.25, 0.3) is 5.91 Å². The van der Waals surface area contributed by atoms with Crippen LogP contribution in [0.2, 0.25) is 0 Å². The number of amides is 1. The Labute approximate surface area is 92.1 Å². The molecule has 0 atom stereocenters. The van der Waals surface area contributed by atoms with E-state index >= 15 is 0 Å². The fraction of sp³-hybridized carbons (Fsp3) is 0.100. The van der Waals surface area contributed by atoms with Crippen molar-refractivity contribution < 1.29 is 4.79 Å². The fourth-order valence-electron chi connectivity index (χ4n) is 0.892. The number of primary amides is 1. The molecular formula is C10H10ClNOS. The summed E-state index contributed by atoms with van der Waals surface area (Å²) in [7, 11) is 0. The Morgan fingerprint density at radius 1 is 1.43 bits per heavy atom. The molecule has 0 unspecified atom stereocenters. The molecule has 1 amide bonds. The van der Waals surface area contributed by atoms with Crippen LogP contribution in [0, 0.1) is 0 Å². The summed E-state index contributed by atoms with van der Waals surface area (Å²) in [5.41, 5.74) is 7.45. The summed E-state index contributed by atoms with van der Waals surface area (Å²) in [6.45, 7) is 0. The number of thioether (sulfide) groups is 1. The molecule has 0 aliphatic heterocycles. The maximum absolute atomic E-state index is 10.8. The molecule has 0 bridgehead atoms. The first-order chi connectivity index (χ1) is 6.74. The van der Waals surface area contributed by atoms with Crippen LogP contribution in [0.3, 0.4) is 0 Å². The van der Waals surface area contributed by atoms with Gasteiger partial charge in [-0.15, -0.1) is 11.8 Å². The Morgan fingerprint density at radius 2 is 2.07 bits per heavy atom. The van der Waals surface area contributed by atoms with E-state index in [2.05, 4.69) is 0 Å². The lowest BCUT2D eigenvalue weighted by Crippen LogP contribution is -2.11. The molecule has 0 radical (unpaired) electrons. The van der Waals surface area contributed by atoms with E-state index in [-0.39, 0.29) is 0 Å². The van der Waals surface area contributed by atoms with Crippen molar-refractivity contribution in [2.45, 2.75) is 5.75 Å². The van der Waals surface area contributed by atoms with Gasteiger partial charge in [-0.05, 0) is 5.56 Å². The van der Waals surface area contributed by atoms with Crippen LogP contribution in [0.1, 0.15) is 5.56 Å². The van der Waals surface area contributed by atoms with Gasteiger partial charge in [0, 0.05) is 11.3 Å². The second-order valence-corrected chi connectivity index (χ2v) is 3.85. The predicted octanol–water partition coefficient (Wildman–Crippen LogP) is 2.49. The lowest BCUT2D eigenvalue weighted by atomic mass is 10.2. The van der Waals surface area contributed by atoms with Crippen molar-refractivity contribution in [2.75, 3.05) is 0 Å². The molecule has 1 aromatic carbocycles. The zero-order chi connectivity index (χ0) is 10.4. The predicted molar refractivity (Wildman–Crippen MR) is 60.9 cm³/mol. The maximum atomic E-state index is 10.8. The number of benzene rings is 1. The quantitative estimate of drug-likeness (QED) is 0.804. The molecule has 0 fully saturated rings. The molecule has 0 saturated carbocycles. The van der Waals surface area contributed by atoms with Gasteiger partial charge in [-0.2, -0.15) is 0 Å². The van der Waals surface area contributed by atoms with Crippen LogP contribution in [-0.4, -0.2) is 5.91 Å². The van der Waals surface area contributed by atoms with E-state index in [0.29, 0.717) is 10.7 Å². The molecule has 0 spiro atoms. The number of nitrogens with two attached hydrogens (primary N) is 1. The van der Waals surface area contributed by atoms with E-state index in [9.17, 15) is 4.79 Å². The first kappa shape index (κ1) is 11.1. The Balaban J connectivity index is 2.53. The molecule has 4 heteroatoms. The molecule has 0 aromatic heterocycles. The SMILES string of the molecule is NC(=O)/C(=C/Cl)SCc1ccccc1. The summed E-state index contributed by atoms with van der Waals surface area (Å²) in [5.74, 6) is 0.212. The highest BCUT2D eigenvalue weighted by molar-refractivity contribution is 8.03. The molecule has 14 heavy (non-hydrogen) atoms. The topological polar surface area (TPSA) is 43.1 Å². The summed E-state index contributed by atoms with van der Waals surface area (Å²) in [5, 5.41) is 0. The van der Waals surface area contributed by atoms with Gasteiger partial charge >= 0.3 is 0 Å². The zero-order valence-corrected chi connectivity index (χ0v) is 9.02. The number of hydrogen-bond donors (Lipinski definition) is 1. The summed E-state index contributed by atoms with van der Waals surface area (Å²) in [6.07, 6.45) is 0. The maximum Gasteiger partial charge on any atom is 0.256 e. The van der Waals surface area contributed by atoms with Gasteiger partial charge in [-0.25, -0.2) is 0 Å². The van der Waals surface area contributed by atoms with E-state index in [1.807, 2.05) is 30.3 Å². The summed E-state index contributed by atoms with van der Waals surface area (Å²) < 4.78 is 0. The van der Waals surface area contributed by atoms with Crippen molar-refractivity contribution in [3.63, 3.8) is 0 Å². The average Bonchev–Trinajstić information content (AvgIpc) is 2.20. The lowest BCUT2D eigenvalue weighted by molar-refractivity contribution is -0.113. The van der Waals surface area contributed by atoms with E-state index in [1.165, 1.54) is 17.3 Å². The van der Waals surface area contributed by atoms with Crippen LogP contribution in [0.5, 0.6) is 0 Å². The summed E-state index contributed by atoms with van der Waals surface area (Å²) >= 11 is 6.78. The molecule has 1 aromatic rings. The normalized spacial score (nSPS) is 11.4. The molecule has 1 rings (SSSR count). The van der Waals surface area contributed by atoms with Crippen molar-refractivity contribution >= 4 is 29.3 Å². The van der Waals surface area contributed by atoms with Crippen LogP contribution >= 0.6 is 23.4 Å². The van der Waals surface area contributed by atoms with E-state index in [1.54, 1.807) is 0 Å². The Morgan fingerprint density at radius 3 is 2.57 bits per heavy atom. The third kappa shape index (κ3) is 3.44. The van der Waals surface area contributed by atoms with Gasteiger partial charge in [0.05, 0.1) is 4.91 Å². The van der Waals surface area contributed by atoms with Gasteiger partial charge in [0.15, 0.2) is 0 Å². The molecule has 0 aliphatic rings. The van der Waals surface area contributed by atoms with Crippen LogP contribution in [0.4, 0.5) is 0 Å². The molecule has 0 aliphatic carbocycles. The molecule has 0 saturated heterocycles. The second kappa shape index (κ2) is 5.73.